The Labute approximate surface area is 184 Å². The molecule has 0 saturated carbocycles. The molecule has 0 fully saturated rings. The third-order valence-corrected chi connectivity index (χ3v) is 6.80. The van der Waals surface area contributed by atoms with Crippen molar-refractivity contribution in [1.82, 2.24) is 9.97 Å². The number of pyridine rings is 1. The third-order valence-electron chi connectivity index (χ3n) is 4.37. The van der Waals surface area contributed by atoms with Crippen LogP contribution in [-0.4, -0.2) is 31.6 Å². The van der Waals surface area contributed by atoms with E-state index < -0.39 is 10.0 Å². The Bertz CT molecular complexity index is 1270. The second-order valence-electron chi connectivity index (χ2n) is 6.50. The Morgan fingerprint density at radius 1 is 1.00 bits per heavy atom. The molecular formula is C22H21N3O4S2. The average Bonchev–Trinajstić information content (AvgIpc) is 3.20. The van der Waals surface area contributed by atoms with Crippen LogP contribution >= 0.6 is 11.3 Å². The summed E-state index contributed by atoms with van der Waals surface area (Å²) >= 11 is 1.49. The number of nitrogens with zero attached hydrogens (tertiary/aromatic N) is 2. The van der Waals surface area contributed by atoms with Crippen LogP contribution < -0.4 is 14.2 Å². The Balaban J connectivity index is 1.60. The minimum Gasteiger partial charge on any atom is -0.494 e. The monoisotopic (exact) mass is 455 g/mol. The van der Waals surface area contributed by atoms with Gasteiger partial charge in [0.2, 0.25) is 0 Å². The lowest BCUT2D eigenvalue weighted by atomic mass is 10.2. The molecule has 7 nitrogen and oxygen atoms in total. The van der Waals surface area contributed by atoms with E-state index in [1.54, 1.807) is 37.4 Å². The molecule has 31 heavy (non-hydrogen) atoms. The van der Waals surface area contributed by atoms with E-state index in [0.29, 0.717) is 24.7 Å². The maximum atomic E-state index is 13.1. The third kappa shape index (κ3) is 4.62. The molecule has 0 unspecified atom stereocenters. The Kier molecular flexibility index (Phi) is 6.06. The predicted molar refractivity (Wildman–Crippen MR) is 122 cm³/mol. The van der Waals surface area contributed by atoms with Gasteiger partial charge in [-0.1, -0.05) is 11.3 Å². The lowest BCUT2D eigenvalue weighted by molar-refractivity contribution is 0.322. The molecule has 9 heteroatoms. The van der Waals surface area contributed by atoms with Crippen LogP contribution in [0, 0.1) is 0 Å². The number of nitrogens with one attached hydrogen (secondary N) is 1. The summed E-state index contributed by atoms with van der Waals surface area (Å²) in [6, 6.07) is 15.6. The van der Waals surface area contributed by atoms with Crippen LogP contribution in [0.3, 0.4) is 0 Å². The SMILES string of the molecule is CCOc1ccc(OCC)c(S(=O)(=O)Nc2ccc(-c3nc4cccnc4s3)cc2)c1. The van der Waals surface area contributed by atoms with Crippen molar-refractivity contribution in [2.45, 2.75) is 18.7 Å². The molecule has 0 atom stereocenters. The van der Waals surface area contributed by atoms with E-state index in [9.17, 15) is 8.42 Å². The van der Waals surface area contributed by atoms with Gasteiger partial charge in [0.25, 0.3) is 10.0 Å². The van der Waals surface area contributed by atoms with Gasteiger partial charge in [-0.2, -0.15) is 0 Å². The van der Waals surface area contributed by atoms with Crippen LogP contribution in [0.1, 0.15) is 13.8 Å². The van der Waals surface area contributed by atoms with E-state index in [2.05, 4.69) is 14.7 Å². The van der Waals surface area contributed by atoms with Crippen LogP contribution in [0.4, 0.5) is 5.69 Å². The summed E-state index contributed by atoms with van der Waals surface area (Å²) in [5.41, 5.74) is 2.16. The quantitative estimate of drug-likeness (QED) is 0.404. The zero-order valence-electron chi connectivity index (χ0n) is 17.0. The molecule has 0 radical (unpaired) electrons. The van der Waals surface area contributed by atoms with E-state index in [-0.39, 0.29) is 10.6 Å². The maximum absolute atomic E-state index is 13.1. The number of hydrogen-bond donors (Lipinski definition) is 1. The van der Waals surface area contributed by atoms with Gasteiger partial charge in [0.1, 0.15) is 31.7 Å². The van der Waals surface area contributed by atoms with Gasteiger partial charge in [0.15, 0.2) is 0 Å². The van der Waals surface area contributed by atoms with Gasteiger partial charge in [0, 0.05) is 23.5 Å². The van der Waals surface area contributed by atoms with Gasteiger partial charge in [-0.25, -0.2) is 18.4 Å². The number of ether oxygens (including phenoxy) is 2. The van der Waals surface area contributed by atoms with E-state index >= 15 is 0 Å². The fourth-order valence-corrected chi connectivity index (χ4v) is 5.15. The van der Waals surface area contributed by atoms with E-state index in [4.69, 9.17) is 9.47 Å². The van der Waals surface area contributed by atoms with E-state index in [0.717, 1.165) is 20.9 Å². The van der Waals surface area contributed by atoms with Gasteiger partial charge in [0.05, 0.1) is 13.2 Å². The molecule has 2 aromatic heterocycles. The number of fused-ring (bicyclic) bond motifs is 1. The summed E-state index contributed by atoms with van der Waals surface area (Å²) in [5.74, 6) is 0.739. The van der Waals surface area contributed by atoms with Gasteiger partial charge in [-0.05, 0) is 62.4 Å². The number of sulfonamides is 1. The minimum absolute atomic E-state index is 0.0293. The van der Waals surface area contributed by atoms with Crippen LogP contribution in [0.5, 0.6) is 11.5 Å². The summed E-state index contributed by atoms with van der Waals surface area (Å²) in [5, 5.41) is 0.825. The van der Waals surface area contributed by atoms with Gasteiger partial charge < -0.3 is 9.47 Å². The zero-order valence-corrected chi connectivity index (χ0v) is 18.7. The summed E-state index contributed by atoms with van der Waals surface area (Å²) in [4.78, 5) is 9.78. The highest BCUT2D eigenvalue weighted by Crippen LogP contribution is 2.32. The molecule has 0 aliphatic carbocycles. The van der Waals surface area contributed by atoms with Crippen molar-refractivity contribution in [3.63, 3.8) is 0 Å². The van der Waals surface area contributed by atoms with Crippen molar-refractivity contribution in [2.24, 2.45) is 0 Å². The van der Waals surface area contributed by atoms with E-state index in [1.165, 1.54) is 17.4 Å². The number of thiazole rings is 1. The molecule has 0 amide bonds. The van der Waals surface area contributed by atoms with Gasteiger partial charge >= 0.3 is 0 Å². The number of hydrogen-bond acceptors (Lipinski definition) is 7. The molecule has 1 N–H and O–H groups in total. The second kappa shape index (κ2) is 8.91. The van der Waals surface area contributed by atoms with Crippen molar-refractivity contribution in [3.05, 3.63) is 60.8 Å². The van der Waals surface area contributed by atoms with Crippen LogP contribution in [-0.2, 0) is 10.0 Å². The molecular weight excluding hydrogens is 434 g/mol. The number of anilines is 1. The normalized spacial score (nSPS) is 11.4. The predicted octanol–water partition coefficient (Wildman–Crippen LogP) is 4.96. The number of benzene rings is 2. The highest BCUT2D eigenvalue weighted by Gasteiger charge is 2.21. The average molecular weight is 456 g/mol. The van der Waals surface area contributed by atoms with Crippen molar-refractivity contribution >= 4 is 37.4 Å². The molecule has 4 rings (SSSR count). The molecule has 2 aromatic carbocycles. The first-order valence-electron chi connectivity index (χ1n) is 9.74. The summed E-state index contributed by atoms with van der Waals surface area (Å²) in [7, 11) is -3.88. The number of rotatable bonds is 8. The minimum atomic E-state index is -3.88. The molecule has 0 spiro atoms. The number of aromatic nitrogens is 2. The topological polar surface area (TPSA) is 90.4 Å². The molecule has 0 saturated heterocycles. The standard InChI is InChI=1S/C22H21N3O4S2/c1-3-28-17-11-12-19(29-4-2)20(14-17)31(26,27)25-16-9-7-15(8-10-16)21-24-18-6-5-13-23-22(18)30-21/h5-14,25H,3-4H2,1-2H3. The Morgan fingerprint density at radius 2 is 1.77 bits per heavy atom. The fraction of sp³-hybridized carbons (Fsp3) is 0.182. The smallest absolute Gasteiger partial charge is 0.265 e. The second-order valence-corrected chi connectivity index (χ2v) is 9.13. The lowest BCUT2D eigenvalue weighted by Crippen LogP contribution is -2.14. The lowest BCUT2D eigenvalue weighted by Gasteiger charge is -2.14. The Hall–Kier alpha value is -3.17. The first-order valence-corrected chi connectivity index (χ1v) is 12.0. The summed E-state index contributed by atoms with van der Waals surface area (Å²) < 4.78 is 39.7. The van der Waals surface area contributed by atoms with Crippen LogP contribution in [0.2, 0.25) is 0 Å². The summed E-state index contributed by atoms with van der Waals surface area (Å²) in [6.45, 7) is 4.42. The summed E-state index contributed by atoms with van der Waals surface area (Å²) in [6.07, 6.45) is 1.74. The van der Waals surface area contributed by atoms with Crippen molar-refractivity contribution in [3.8, 4) is 22.1 Å². The first-order chi connectivity index (χ1) is 15.0. The molecule has 160 valence electrons. The van der Waals surface area contributed by atoms with Crippen molar-refractivity contribution in [2.75, 3.05) is 17.9 Å². The molecule has 4 aromatic rings. The zero-order chi connectivity index (χ0) is 21.8. The molecule has 2 heterocycles. The van der Waals surface area contributed by atoms with Gasteiger partial charge in [-0.15, -0.1) is 0 Å². The maximum Gasteiger partial charge on any atom is 0.265 e. The molecule has 0 bridgehead atoms. The van der Waals surface area contributed by atoms with Gasteiger partial charge in [-0.3, -0.25) is 4.72 Å². The van der Waals surface area contributed by atoms with E-state index in [1.807, 2.05) is 31.2 Å². The largest absolute Gasteiger partial charge is 0.494 e. The van der Waals surface area contributed by atoms with Crippen LogP contribution in [0.15, 0.2) is 65.7 Å². The van der Waals surface area contributed by atoms with Crippen molar-refractivity contribution < 1.29 is 17.9 Å². The Morgan fingerprint density at radius 3 is 2.48 bits per heavy atom. The fourth-order valence-electron chi connectivity index (χ4n) is 3.01. The molecule has 0 aliphatic heterocycles. The first kappa shape index (κ1) is 21.1. The molecule has 0 aliphatic rings. The highest BCUT2D eigenvalue weighted by molar-refractivity contribution is 7.92. The van der Waals surface area contributed by atoms with Crippen molar-refractivity contribution in [1.29, 1.82) is 0 Å². The highest BCUT2D eigenvalue weighted by atomic mass is 32.2. The van der Waals surface area contributed by atoms with Crippen LogP contribution in [0.25, 0.3) is 20.9 Å².